The average molecular weight is 451 g/mol. The van der Waals surface area contributed by atoms with Gasteiger partial charge in [-0.3, -0.25) is 0 Å². The molecule has 0 unspecified atom stereocenters. The molecule has 0 saturated heterocycles. The van der Waals surface area contributed by atoms with Crippen LogP contribution in [0.15, 0.2) is 18.2 Å². The number of hydrogen-bond donors (Lipinski definition) is 1. The number of ether oxygens (including phenoxy) is 1. The van der Waals surface area contributed by atoms with Gasteiger partial charge in [0.1, 0.15) is 17.7 Å². The van der Waals surface area contributed by atoms with Crippen molar-refractivity contribution < 1.29 is 4.74 Å². The molecule has 34 heavy (non-hydrogen) atoms. The quantitative estimate of drug-likeness (QED) is 0.543. The van der Waals surface area contributed by atoms with E-state index in [1.54, 1.807) is 10.8 Å². The average Bonchev–Trinajstić information content (AvgIpc) is 3.06. The molecule has 3 saturated carbocycles. The van der Waals surface area contributed by atoms with Crippen molar-refractivity contribution in [2.45, 2.75) is 52.1 Å². The highest BCUT2D eigenvalue weighted by atomic mass is 16.5. The molecular weight excluding hydrogens is 428 g/mol. The van der Waals surface area contributed by atoms with E-state index < -0.39 is 0 Å². The lowest BCUT2D eigenvalue weighted by molar-refractivity contribution is -0.0665. The monoisotopic (exact) mass is 450 g/mol. The van der Waals surface area contributed by atoms with Crippen LogP contribution in [0.2, 0.25) is 0 Å². The Balaban J connectivity index is 1.56. The smallest absolute Gasteiger partial charge is 0.235 e. The van der Waals surface area contributed by atoms with E-state index in [9.17, 15) is 10.5 Å². The van der Waals surface area contributed by atoms with Gasteiger partial charge in [-0.05, 0) is 74.9 Å². The topological polar surface area (TPSA) is 136 Å². The molecule has 168 valence electrons. The molecule has 0 amide bonds. The first kappa shape index (κ1) is 21.4. The van der Waals surface area contributed by atoms with Gasteiger partial charge in [0.05, 0.1) is 29.3 Å². The van der Waals surface area contributed by atoms with Crippen molar-refractivity contribution in [2.24, 2.45) is 5.41 Å². The standard InChI is InChI=1S/C25H22N8O/c1-15-9-18(5-4-6-26)10-16(2)20(15)34-22-19-17(3)32-33(8-7-27)21(19)29-23(30-22)31-25-11-24(12-25,13-25)14-28/h4-5,9-10H,8,11-13H2,1-3H3,(H,29,30,31)/b5-4+. The molecule has 6 rings (SSSR count). The number of nitrogens with one attached hydrogen (secondary N) is 1. The summed E-state index contributed by atoms with van der Waals surface area (Å²) in [4.78, 5) is 9.38. The molecule has 3 aromatic rings. The van der Waals surface area contributed by atoms with Gasteiger partial charge in [-0.2, -0.15) is 30.9 Å². The second kappa shape index (κ2) is 7.57. The summed E-state index contributed by atoms with van der Waals surface area (Å²) in [5, 5.41) is 36.0. The van der Waals surface area contributed by atoms with E-state index in [1.165, 1.54) is 6.08 Å². The van der Waals surface area contributed by atoms with Crippen molar-refractivity contribution in [3.05, 3.63) is 40.6 Å². The van der Waals surface area contributed by atoms with Crippen LogP contribution in [0.5, 0.6) is 11.6 Å². The summed E-state index contributed by atoms with van der Waals surface area (Å²) in [6, 6.07) is 10.4. The Kier molecular flexibility index (Phi) is 4.77. The van der Waals surface area contributed by atoms with Gasteiger partial charge in [0, 0.05) is 11.6 Å². The number of aryl methyl sites for hydroxylation is 3. The molecule has 2 aromatic heterocycles. The third-order valence-electron chi connectivity index (χ3n) is 6.63. The molecule has 9 heteroatoms. The molecule has 3 fully saturated rings. The zero-order valence-corrected chi connectivity index (χ0v) is 19.2. The van der Waals surface area contributed by atoms with Crippen molar-refractivity contribution >= 4 is 23.1 Å². The van der Waals surface area contributed by atoms with E-state index in [1.807, 2.05) is 39.0 Å². The van der Waals surface area contributed by atoms with Gasteiger partial charge < -0.3 is 10.1 Å². The lowest BCUT2D eigenvalue weighted by Crippen LogP contribution is -2.70. The Labute approximate surface area is 196 Å². The van der Waals surface area contributed by atoms with Crippen LogP contribution in [0.3, 0.4) is 0 Å². The molecule has 3 aliphatic rings. The van der Waals surface area contributed by atoms with Gasteiger partial charge in [-0.25, -0.2) is 4.68 Å². The maximum atomic E-state index is 9.34. The van der Waals surface area contributed by atoms with Crippen molar-refractivity contribution in [2.75, 3.05) is 5.32 Å². The summed E-state index contributed by atoms with van der Waals surface area (Å²) in [6.07, 6.45) is 5.53. The van der Waals surface area contributed by atoms with E-state index in [-0.39, 0.29) is 17.5 Å². The molecule has 1 N–H and O–H groups in total. The molecule has 9 nitrogen and oxygen atoms in total. The molecule has 3 aliphatic carbocycles. The Morgan fingerprint density at radius 2 is 1.82 bits per heavy atom. The summed E-state index contributed by atoms with van der Waals surface area (Å²) in [7, 11) is 0. The van der Waals surface area contributed by atoms with Crippen LogP contribution < -0.4 is 10.1 Å². The van der Waals surface area contributed by atoms with Crippen LogP contribution in [0.25, 0.3) is 17.1 Å². The van der Waals surface area contributed by atoms with Crippen LogP contribution in [-0.2, 0) is 6.54 Å². The normalized spacial score (nSPS) is 22.4. The van der Waals surface area contributed by atoms with Gasteiger partial charge in [0.25, 0.3) is 0 Å². The van der Waals surface area contributed by atoms with Gasteiger partial charge in [-0.1, -0.05) is 0 Å². The Hall–Kier alpha value is -4.42. The van der Waals surface area contributed by atoms with E-state index in [4.69, 9.17) is 15.0 Å². The van der Waals surface area contributed by atoms with E-state index >= 15 is 0 Å². The predicted octanol–water partition coefficient (Wildman–Crippen LogP) is 4.46. The second-order valence-electron chi connectivity index (χ2n) is 9.33. The SMILES string of the molecule is Cc1cc(/C=C/C#N)cc(C)c1Oc1nc(NC23CC(C#N)(C2)C3)nc2c1c(C)nn2CC#N. The lowest BCUT2D eigenvalue weighted by Gasteiger charge is -2.66. The summed E-state index contributed by atoms with van der Waals surface area (Å²) in [6.45, 7) is 5.78. The number of nitriles is 3. The number of fused-ring (bicyclic) bond motifs is 1. The fourth-order valence-corrected chi connectivity index (χ4v) is 5.27. The highest BCUT2D eigenvalue weighted by molar-refractivity contribution is 5.85. The van der Waals surface area contributed by atoms with Crippen LogP contribution >= 0.6 is 0 Å². The van der Waals surface area contributed by atoms with Crippen LogP contribution in [0.1, 0.15) is 41.6 Å². The Morgan fingerprint density at radius 3 is 2.44 bits per heavy atom. The van der Waals surface area contributed by atoms with Gasteiger partial charge in [-0.15, -0.1) is 0 Å². The number of benzene rings is 1. The number of hydrogen-bond acceptors (Lipinski definition) is 8. The molecule has 0 atom stereocenters. The first-order valence-electron chi connectivity index (χ1n) is 11.0. The lowest BCUT2D eigenvalue weighted by atomic mass is 9.40. The van der Waals surface area contributed by atoms with Crippen molar-refractivity contribution in [3.63, 3.8) is 0 Å². The largest absolute Gasteiger partial charge is 0.437 e. The maximum absolute atomic E-state index is 9.34. The van der Waals surface area contributed by atoms with Gasteiger partial charge in [0.15, 0.2) is 5.65 Å². The maximum Gasteiger partial charge on any atom is 0.235 e. The van der Waals surface area contributed by atoms with Crippen molar-refractivity contribution in [3.8, 4) is 29.8 Å². The summed E-state index contributed by atoms with van der Waals surface area (Å²) < 4.78 is 7.93. The third kappa shape index (κ3) is 3.32. The minimum atomic E-state index is -0.203. The van der Waals surface area contributed by atoms with E-state index in [0.717, 1.165) is 36.0 Å². The number of aromatic nitrogens is 4. The highest BCUT2D eigenvalue weighted by Gasteiger charge is 2.69. The first-order valence-corrected chi connectivity index (χ1v) is 11.0. The fourth-order valence-electron chi connectivity index (χ4n) is 5.27. The van der Waals surface area contributed by atoms with Crippen LogP contribution in [0.4, 0.5) is 5.95 Å². The van der Waals surface area contributed by atoms with Gasteiger partial charge in [0.2, 0.25) is 11.8 Å². The second-order valence-corrected chi connectivity index (χ2v) is 9.33. The fraction of sp³-hybridized carbons (Fsp3) is 0.360. The number of allylic oxidation sites excluding steroid dienone is 1. The minimum Gasteiger partial charge on any atom is -0.437 e. The Morgan fingerprint density at radius 1 is 1.12 bits per heavy atom. The van der Waals surface area contributed by atoms with Crippen molar-refractivity contribution in [1.29, 1.82) is 15.8 Å². The summed E-state index contributed by atoms with van der Waals surface area (Å²) in [5.41, 5.74) is 3.54. The zero-order valence-electron chi connectivity index (χ0n) is 19.2. The molecule has 0 spiro atoms. The zero-order chi connectivity index (χ0) is 24.1. The van der Waals surface area contributed by atoms with Gasteiger partial charge >= 0.3 is 0 Å². The first-order chi connectivity index (χ1) is 16.3. The number of anilines is 1. The van der Waals surface area contributed by atoms with Crippen LogP contribution in [0, 0.1) is 60.2 Å². The van der Waals surface area contributed by atoms with E-state index in [0.29, 0.717) is 34.3 Å². The minimum absolute atomic E-state index is 0.0564. The Bertz CT molecular complexity index is 1450. The molecule has 0 aliphatic heterocycles. The molecule has 1 aromatic carbocycles. The van der Waals surface area contributed by atoms with Crippen molar-refractivity contribution in [1.82, 2.24) is 19.7 Å². The van der Waals surface area contributed by atoms with E-state index in [2.05, 4.69) is 27.5 Å². The third-order valence-corrected chi connectivity index (χ3v) is 6.63. The summed E-state index contributed by atoms with van der Waals surface area (Å²) >= 11 is 0. The highest BCUT2D eigenvalue weighted by Crippen LogP contribution is 2.67. The van der Waals surface area contributed by atoms with Crippen LogP contribution in [-0.4, -0.2) is 25.3 Å². The number of nitrogens with zero attached hydrogens (tertiary/aromatic N) is 7. The molecule has 2 bridgehead atoms. The predicted molar refractivity (Wildman–Crippen MR) is 125 cm³/mol. The molecule has 0 radical (unpaired) electrons. The summed E-state index contributed by atoms with van der Waals surface area (Å²) in [5.74, 6) is 1.43. The molecular formula is C25H22N8O. The number of rotatable bonds is 6. The molecule has 2 heterocycles.